The molecule has 0 amide bonds. The van der Waals surface area contributed by atoms with Crippen LogP contribution in [-0.2, 0) is 14.6 Å². The van der Waals surface area contributed by atoms with Gasteiger partial charge in [-0.25, -0.2) is 13.2 Å². The van der Waals surface area contributed by atoms with Gasteiger partial charge in [0, 0.05) is 19.4 Å². The number of rotatable bonds is 6. The number of anilines is 1. The third-order valence-corrected chi connectivity index (χ3v) is 4.17. The zero-order valence-electron chi connectivity index (χ0n) is 9.92. The number of sulfone groups is 1. The predicted molar refractivity (Wildman–Crippen MR) is 66.4 cm³/mol. The van der Waals surface area contributed by atoms with Gasteiger partial charge in [-0.3, -0.25) is 0 Å². The lowest BCUT2D eigenvalue weighted by atomic mass is 10.2. The molecule has 0 aliphatic rings. The summed E-state index contributed by atoms with van der Waals surface area (Å²) in [5.41, 5.74) is 5.29. The topological polar surface area (TPSA) is 107 Å². The molecule has 1 aromatic carbocycles. The molecule has 0 aliphatic carbocycles. The Morgan fingerprint density at radius 3 is 2.67 bits per heavy atom. The van der Waals surface area contributed by atoms with Crippen molar-refractivity contribution in [2.45, 2.75) is 11.3 Å². The molecule has 0 atom stereocenters. The molecular weight excluding hydrogens is 258 g/mol. The van der Waals surface area contributed by atoms with Crippen LogP contribution < -0.4 is 5.73 Å². The van der Waals surface area contributed by atoms with Gasteiger partial charge in [-0.1, -0.05) is 0 Å². The van der Waals surface area contributed by atoms with Crippen LogP contribution >= 0.6 is 0 Å². The molecule has 0 heterocycles. The van der Waals surface area contributed by atoms with Crippen molar-refractivity contribution >= 4 is 21.5 Å². The minimum absolute atomic E-state index is 0.0368. The van der Waals surface area contributed by atoms with Crippen LogP contribution in [0.5, 0.6) is 0 Å². The van der Waals surface area contributed by atoms with Crippen LogP contribution in [0.4, 0.5) is 5.69 Å². The lowest BCUT2D eigenvalue weighted by Gasteiger charge is -2.07. The fourth-order valence-electron chi connectivity index (χ4n) is 1.43. The Morgan fingerprint density at radius 2 is 2.11 bits per heavy atom. The van der Waals surface area contributed by atoms with Gasteiger partial charge in [-0.2, -0.15) is 0 Å². The van der Waals surface area contributed by atoms with Gasteiger partial charge in [0.25, 0.3) is 0 Å². The first-order valence-electron chi connectivity index (χ1n) is 5.23. The summed E-state index contributed by atoms with van der Waals surface area (Å²) in [6.45, 7) is 0.333. The highest BCUT2D eigenvalue weighted by atomic mass is 32.2. The average Bonchev–Trinajstić information content (AvgIpc) is 2.29. The van der Waals surface area contributed by atoms with E-state index in [1.54, 1.807) is 0 Å². The highest BCUT2D eigenvalue weighted by molar-refractivity contribution is 7.91. The first-order chi connectivity index (χ1) is 8.38. The number of carbonyl (C=O) groups is 1. The van der Waals surface area contributed by atoms with Crippen LogP contribution in [0.3, 0.4) is 0 Å². The molecule has 0 aromatic heterocycles. The van der Waals surface area contributed by atoms with Crippen molar-refractivity contribution in [2.24, 2.45) is 0 Å². The predicted octanol–water partition coefficient (Wildman–Crippen LogP) is 0.777. The SMILES string of the molecule is COCCCS(=O)(=O)c1ccc(N)c(C(=O)O)c1. The lowest BCUT2D eigenvalue weighted by Crippen LogP contribution is -2.11. The second-order valence-corrected chi connectivity index (χ2v) is 5.83. The van der Waals surface area contributed by atoms with Crippen molar-refractivity contribution in [1.29, 1.82) is 0 Å². The van der Waals surface area contributed by atoms with E-state index in [1.807, 2.05) is 0 Å². The van der Waals surface area contributed by atoms with Crippen molar-refractivity contribution in [2.75, 3.05) is 25.2 Å². The number of carboxylic acids is 1. The molecule has 0 radical (unpaired) electrons. The van der Waals surface area contributed by atoms with Crippen LogP contribution in [0.15, 0.2) is 23.1 Å². The zero-order valence-corrected chi connectivity index (χ0v) is 10.7. The maximum Gasteiger partial charge on any atom is 0.337 e. The summed E-state index contributed by atoms with van der Waals surface area (Å²) in [4.78, 5) is 10.8. The van der Waals surface area contributed by atoms with Gasteiger partial charge < -0.3 is 15.6 Å². The molecule has 0 saturated carbocycles. The van der Waals surface area contributed by atoms with Gasteiger partial charge in [0.15, 0.2) is 9.84 Å². The normalized spacial score (nSPS) is 11.4. The Labute approximate surface area is 105 Å². The summed E-state index contributed by atoms with van der Waals surface area (Å²) in [6, 6.07) is 3.68. The van der Waals surface area contributed by atoms with Gasteiger partial charge >= 0.3 is 5.97 Å². The first kappa shape index (κ1) is 14.5. The Balaban J connectivity index is 3.02. The van der Waals surface area contributed by atoms with Crippen LogP contribution in [0, 0.1) is 0 Å². The molecule has 3 N–H and O–H groups in total. The quantitative estimate of drug-likeness (QED) is 0.586. The molecule has 0 unspecified atom stereocenters. The van der Waals surface area contributed by atoms with Crippen LogP contribution in [0.25, 0.3) is 0 Å². The van der Waals surface area contributed by atoms with Gasteiger partial charge in [0.05, 0.1) is 16.2 Å². The smallest absolute Gasteiger partial charge is 0.337 e. The molecule has 1 aromatic rings. The number of hydrogen-bond donors (Lipinski definition) is 2. The van der Waals surface area contributed by atoms with Crippen LogP contribution in [0.2, 0.25) is 0 Å². The largest absolute Gasteiger partial charge is 0.478 e. The maximum atomic E-state index is 11.9. The van der Waals surface area contributed by atoms with Gasteiger partial charge in [0.2, 0.25) is 0 Å². The fourth-order valence-corrected chi connectivity index (χ4v) is 2.73. The summed E-state index contributed by atoms with van der Waals surface area (Å²) in [5, 5.41) is 8.88. The summed E-state index contributed by atoms with van der Waals surface area (Å²) in [6.07, 6.45) is 0.353. The molecule has 1 rings (SSSR count). The van der Waals surface area contributed by atoms with E-state index in [1.165, 1.54) is 19.2 Å². The monoisotopic (exact) mass is 273 g/mol. The Kier molecular flexibility index (Phi) is 4.69. The van der Waals surface area contributed by atoms with E-state index in [4.69, 9.17) is 15.6 Å². The van der Waals surface area contributed by atoms with E-state index in [9.17, 15) is 13.2 Å². The fraction of sp³-hybridized carbons (Fsp3) is 0.364. The summed E-state index contributed by atoms with van der Waals surface area (Å²) in [5.74, 6) is -1.34. The Bertz CT molecular complexity index is 538. The molecule has 7 heteroatoms. The molecule has 0 bridgehead atoms. The van der Waals surface area contributed by atoms with E-state index in [0.717, 1.165) is 6.07 Å². The molecule has 0 spiro atoms. The standard InChI is InChI=1S/C11H15NO5S/c1-17-5-2-6-18(15,16)8-3-4-10(12)9(7-8)11(13)14/h3-4,7H,2,5-6,12H2,1H3,(H,13,14). The highest BCUT2D eigenvalue weighted by Crippen LogP contribution is 2.19. The van der Waals surface area contributed by atoms with E-state index in [0.29, 0.717) is 13.0 Å². The minimum Gasteiger partial charge on any atom is -0.478 e. The van der Waals surface area contributed by atoms with Gasteiger partial charge in [0.1, 0.15) is 0 Å². The Hall–Kier alpha value is -1.60. The summed E-state index contributed by atoms with van der Waals surface area (Å²) in [7, 11) is -2.02. The third kappa shape index (κ3) is 3.44. The van der Waals surface area contributed by atoms with Crippen molar-refractivity contribution in [1.82, 2.24) is 0 Å². The Morgan fingerprint density at radius 1 is 1.44 bits per heavy atom. The number of ether oxygens (including phenoxy) is 1. The van der Waals surface area contributed by atoms with E-state index >= 15 is 0 Å². The molecule has 6 nitrogen and oxygen atoms in total. The van der Waals surface area contributed by atoms with Gasteiger partial charge in [-0.15, -0.1) is 0 Å². The van der Waals surface area contributed by atoms with E-state index in [-0.39, 0.29) is 21.9 Å². The molecule has 100 valence electrons. The van der Waals surface area contributed by atoms with E-state index in [2.05, 4.69) is 0 Å². The second-order valence-electron chi connectivity index (χ2n) is 3.72. The highest BCUT2D eigenvalue weighted by Gasteiger charge is 2.17. The maximum absolute atomic E-state index is 11.9. The van der Waals surface area contributed by atoms with E-state index < -0.39 is 15.8 Å². The third-order valence-electron chi connectivity index (χ3n) is 2.38. The average molecular weight is 273 g/mol. The molecular formula is C11H15NO5S. The molecule has 0 saturated heterocycles. The van der Waals surface area contributed by atoms with Crippen molar-refractivity contribution in [3.8, 4) is 0 Å². The number of methoxy groups -OCH3 is 1. The number of benzene rings is 1. The summed E-state index contributed by atoms with van der Waals surface area (Å²) >= 11 is 0. The van der Waals surface area contributed by atoms with Crippen molar-refractivity contribution in [3.05, 3.63) is 23.8 Å². The minimum atomic E-state index is -3.50. The molecule has 18 heavy (non-hydrogen) atoms. The number of nitrogens with two attached hydrogens (primary N) is 1. The molecule has 0 aliphatic heterocycles. The number of nitrogen functional groups attached to an aromatic ring is 1. The molecule has 0 fully saturated rings. The van der Waals surface area contributed by atoms with Crippen LogP contribution in [0.1, 0.15) is 16.8 Å². The number of carboxylic acid groups (broad SMARTS) is 1. The second kappa shape index (κ2) is 5.83. The van der Waals surface area contributed by atoms with Crippen molar-refractivity contribution in [3.63, 3.8) is 0 Å². The van der Waals surface area contributed by atoms with Crippen LogP contribution in [-0.4, -0.2) is 39.0 Å². The summed E-state index contributed by atoms with van der Waals surface area (Å²) < 4.78 is 28.6. The number of aromatic carboxylic acids is 1. The van der Waals surface area contributed by atoms with Gasteiger partial charge in [-0.05, 0) is 24.6 Å². The number of hydrogen-bond acceptors (Lipinski definition) is 5. The lowest BCUT2D eigenvalue weighted by molar-refractivity contribution is 0.0698. The van der Waals surface area contributed by atoms with Crippen molar-refractivity contribution < 1.29 is 23.1 Å². The first-order valence-corrected chi connectivity index (χ1v) is 6.88. The zero-order chi connectivity index (χ0) is 13.8.